The topological polar surface area (TPSA) is 82.4 Å². The van der Waals surface area contributed by atoms with Gasteiger partial charge in [0.15, 0.2) is 0 Å². The molecule has 0 unspecified atom stereocenters. The SMILES string of the molecule is O=S(=O)(F)[N-]S(=O)(=O)F.[Na+]. The van der Waals surface area contributed by atoms with E-state index in [-0.39, 0.29) is 29.6 Å². The Labute approximate surface area is 78.8 Å². The summed E-state index contributed by atoms with van der Waals surface area (Å²) in [6.07, 6.45) is 0. The molecule has 0 aromatic rings. The molecule has 5 nitrogen and oxygen atoms in total. The van der Waals surface area contributed by atoms with Crippen LogP contribution in [0.2, 0.25) is 0 Å². The second-order valence-corrected chi connectivity index (χ2v) is 3.14. The molecule has 0 aliphatic heterocycles. The Morgan fingerprint density at radius 1 is 0.900 bits per heavy atom. The van der Waals surface area contributed by atoms with Crippen LogP contribution in [0.1, 0.15) is 0 Å². The molecular weight excluding hydrogens is 203 g/mol. The van der Waals surface area contributed by atoms with Crippen molar-refractivity contribution in [3.05, 3.63) is 4.13 Å². The first kappa shape index (κ1) is 13.3. The van der Waals surface area contributed by atoms with Gasteiger partial charge in [-0.15, -0.1) is 7.77 Å². The van der Waals surface area contributed by atoms with Gasteiger partial charge in [0.05, 0.1) is 0 Å². The van der Waals surface area contributed by atoms with Gasteiger partial charge in [-0.2, -0.15) is 0 Å². The van der Waals surface area contributed by atoms with Gasteiger partial charge in [0.2, 0.25) is 20.8 Å². The van der Waals surface area contributed by atoms with E-state index in [1.165, 1.54) is 0 Å². The molecule has 0 spiro atoms. The Morgan fingerprint density at radius 3 is 1.10 bits per heavy atom. The molecule has 10 heavy (non-hydrogen) atoms. The van der Waals surface area contributed by atoms with Gasteiger partial charge in [0.25, 0.3) is 0 Å². The van der Waals surface area contributed by atoms with E-state index < -0.39 is 20.8 Å². The Hall–Kier alpha value is 0.720. The van der Waals surface area contributed by atoms with Crippen molar-refractivity contribution >= 4 is 20.8 Å². The fourth-order valence-electron chi connectivity index (χ4n) is 0.106. The predicted molar refractivity (Wildman–Crippen MR) is 23.4 cm³/mol. The smallest absolute Gasteiger partial charge is 0.379 e. The normalized spacial score (nSPS) is 12.2. The van der Waals surface area contributed by atoms with Crippen LogP contribution in [0.15, 0.2) is 0 Å². The van der Waals surface area contributed by atoms with Crippen LogP contribution < -0.4 is 29.6 Å². The Morgan fingerprint density at radius 2 is 1.10 bits per heavy atom. The van der Waals surface area contributed by atoms with Crippen LogP contribution in [0, 0.1) is 0 Å². The van der Waals surface area contributed by atoms with Gasteiger partial charge >= 0.3 is 29.6 Å². The Kier molecular flexibility index (Phi) is 5.23. The maximum Gasteiger partial charge on any atom is 1.00 e. The molecule has 0 aromatic heterocycles. The molecule has 0 fully saturated rings. The summed E-state index contributed by atoms with van der Waals surface area (Å²) in [5.74, 6) is 0. The molecule has 0 bridgehead atoms. The molecule has 0 rings (SSSR count). The van der Waals surface area contributed by atoms with E-state index in [0.717, 1.165) is 4.13 Å². The fraction of sp³-hybridized carbons (Fsp3) is 0. The molecular formula is F2NNaO4S2. The second-order valence-electron chi connectivity index (χ2n) is 0.899. The minimum atomic E-state index is -5.62. The van der Waals surface area contributed by atoms with Gasteiger partial charge in [0, 0.05) is 0 Å². The van der Waals surface area contributed by atoms with Gasteiger partial charge in [-0.25, -0.2) is 16.8 Å². The number of hydrogen-bond acceptors (Lipinski definition) is 4. The van der Waals surface area contributed by atoms with E-state index in [9.17, 15) is 24.6 Å². The van der Waals surface area contributed by atoms with Gasteiger partial charge in [-0.05, 0) is 0 Å². The first-order valence-corrected chi connectivity index (χ1v) is 4.02. The van der Waals surface area contributed by atoms with Crippen molar-refractivity contribution in [2.45, 2.75) is 0 Å². The van der Waals surface area contributed by atoms with Crippen LogP contribution in [-0.4, -0.2) is 16.8 Å². The average Bonchev–Trinajstić information content (AvgIpc) is 1.14. The van der Waals surface area contributed by atoms with Crippen molar-refractivity contribution in [1.29, 1.82) is 0 Å². The summed E-state index contributed by atoms with van der Waals surface area (Å²) < 4.78 is 60.1. The number of hydrogen-bond donors (Lipinski definition) is 0. The molecule has 0 saturated heterocycles. The van der Waals surface area contributed by atoms with E-state index in [4.69, 9.17) is 0 Å². The third-order valence-corrected chi connectivity index (χ3v) is 1.60. The molecule has 0 radical (unpaired) electrons. The standard InChI is InChI=1S/F2NO4S2.Na/c1-8(4,5)3-9(2,6)7;/q-1;+1. The number of halogens is 2. The molecule has 0 N–H and O–H groups in total. The third kappa shape index (κ3) is 11.5. The summed E-state index contributed by atoms with van der Waals surface area (Å²) in [5.41, 5.74) is 0. The first-order chi connectivity index (χ1) is 3.71. The van der Waals surface area contributed by atoms with Crippen LogP contribution in [0.5, 0.6) is 0 Å². The molecule has 0 saturated carbocycles. The zero-order valence-electron chi connectivity index (χ0n) is 4.65. The molecule has 56 valence electrons. The Bertz CT molecular complexity index is 246. The molecule has 0 aliphatic carbocycles. The maximum atomic E-state index is 11.1. The van der Waals surface area contributed by atoms with Crippen LogP contribution in [0.4, 0.5) is 7.77 Å². The quantitative estimate of drug-likeness (QED) is 0.349. The van der Waals surface area contributed by atoms with Crippen molar-refractivity contribution in [2.24, 2.45) is 0 Å². The van der Waals surface area contributed by atoms with E-state index >= 15 is 0 Å². The molecule has 0 amide bonds. The molecule has 10 heteroatoms. The monoisotopic (exact) mass is 203 g/mol. The summed E-state index contributed by atoms with van der Waals surface area (Å²) in [6.45, 7) is 0. The largest absolute Gasteiger partial charge is 1.00 e. The van der Waals surface area contributed by atoms with E-state index in [0.29, 0.717) is 0 Å². The van der Waals surface area contributed by atoms with Gasteiger partial charge in [-0.1, -0.05) is 0 Å². The summed E-state index contributed by atoms with van der Waals surface area (Å²) >= 11 is 0. The van der Waals surface area contributed by atoms with Crippen molar-refractivity contribution in [1.82, 2.24) is 0 Å². The summed E-state index contributed by atoms with van der Waals surface area (Å²) in [4.78, 5) is 0. The zero-order chi connectivity index (χ0) is 7.71. The minimum Gasteiger partial charge on any atom is -0.379 e. The van der Waals surface area contributed by atoms with Crippen molar-refractivity contribution in [2.75, 3.05) is 0 Å². The minimum absolute atomic E-state index is 0. The van der Waals surface area contributed by atoms with Gasteiger partial charge < -0.3 is 4.13 Å². The second kappa shape index (κ2) is 3.93. The zero-order valence-corrected chi connectivity index (χ0v) is 8.29. The summed E-state index contributed by atoms with van der Waals surface area (Å²) in [7, 11) is -11.2. The van der Waals surface area contributed by atoms with E-state index in [1.807, 2.05) is 0 Å². The predicted octanol–water partition coefficient (Wildman–Crippen LogP) is -3.21. The Balaban J connectivity index is 0. The molecule has 0 atom stereocenters. The van der Waals surface area contributed by atoms with E-state index in [2.05, 4.69) is 0 Å². The summed E-state index contributed by atoms with van der Waals surface area (Å²) in [5, 5.41) is 0. The third-order valence-electron chi connectivity index (χ3n) is 0.178. The number of nitrogens with zero attached hydrogens (tertiary/aromatic N) is 1. The van der Waals surface area contributed by atoms with Crippen LogP contribution in [-0.2, 0) is 20.8 Å². The van der Waals surface area contributed by atoms with Gasteiger partial charge in [0.1, 0.15) is 0 Å². The molecule has 0 aromatic carbocycles. The van der Waals surface area contributed by atoms with Crippen LogP contribution >= 0.6 is 0 Å². The van der Waals surface area contributed by atoms with Crippen molar-refractivity contribution < 1.29 is 54.2 Å². The van der Waals surface area contributed by atoms with E-state index in [1.54, 1.807) is 0 Å². The first-order valence-electron chi connectivity index (χ1n) is 1.34. The van der Waals surface area contributed by atoms with Gasteiger partial charge in [-0.3, -0.25) is 0 Å². The molecule has 0 heterocycles. The van der Waals surface area contributed by atoms with Crippen LogP contribution in [0.25, 0.3) is 4.13 Å². The van der Waals surface area contributed by atoms with Crippen molar-refractivity contribution in [3.8, 4) is 0 Å². The van der Waals surface area contributed by atoms with Crippen molar-refractivity contribution in [3.63, 3.8) is 0 Å². The summed E-state index contributed by atoms with van der Waals surface area (Å²) in [6, 6.07) is 0. The average molecular weight is 203 g/mol. The maximum absolute atomic E-state index is 11.1. The number of rotatable bonds is 2. The fourth-order valence-corrected chi connectivity index (χ4v) is 0.957. The van der Waals surface area contributed by atoms with Crippen LogP contribution in [0.3, 0.4) is 0 Å². The molecule has 0 aliphatic rings.